The first kappa shape index (κ1) is 18.0. The van der Waals surface area contributed by atoms with Gasteiger partial charge in [-0.05, 0) is 30.7 Å². The maximum atomic E-state index is 13.1. The molecular weight excluding hydrogens is 362 g/mol. The summed E-state index contributed by atoms with van der Waals surface area (Å²) in [5.41, 5.74) is 1.19. The van der Waals surface area contributed by atoms with Crippen molar-refractivity contribution in [3.8, 4) is 0 Å². The molecule has 25 heavy (non-hydrogen) atoms. The molecule has 3 rings (SSSR count). The van der Waals surface area contributed by atoms with Gasteiger partial charge >= 0.3 is 5.97 Å². The van der Waals surface area contributed by atoms with Crippen LogP contribution in [0.2, 0.25) is 0 Å². The summed E-state index contributed by atoms with van der Waals surface area (Å²) in [5.74, 6) is -1.19. The molecule has 0 fully saturated rings. The number of carbonyl (C=O) groups is 1. The fourth-order valence-corrected chi connectivity index (χ4v) is 6.29. The Labute approximate surface area is 150 Å². The van der Waals surface area contributed by atoms with Crippen LogP contribution in [0.5, 0.6) is 0 Å². The smallest absolute Gasteiger partial charge is 0.338 e. The third kappa shape index (κ3) is 3.45. The van der Waals surface area contributed by atoms with Crippen LogP contribution in [0.25, 0.3) is 0 Å². The van der Waals surface area contributed by atoms with Gasteiger partial charge in [0.1, 0.15) is 4.21 Å². The lowest BCUT2D eigenvalue weighted by atomic mass is 10.1. The van der Waals surface area contributed by atoms with Gasteiger partial charge in [0, 0.05) is 24.2 Å². The highest BCUT2D eigenvalue weighted by Crippen LogP contribution is 2.36. The molecule has 9 heteroatoms. The summed E-state index contributed by atoms with van der Waals surface area (Å²) < 4.78 is 27.5. The lowest BCUT2D eigenvalue weighted by molar-refractivity contribution is 0.0692. The number of carboxylic acids is 1. The highest BCUT2D eigenvalue weighted by Gasteiger charge is 2.35. The van der Waals surface area contributed by atoms with Gasteiger partial charge < -0.3 is 10.4 Å². The summed E-state index contributed by atoms with van der Waals surface area (Å²) in [6, 6.07) is 5.30. The van der Waals surface area contributed by atoms with Crippen molar-refractivity contribution in [3.05, 3.63) is 46.1 Å². The van der Waals surface area contributed by atoms with Crippen LogP contribution < -0.4 is 5.32 Å². The van der Waals surface area contributed by atoms with Crippen LogP contribution >= 0.6 is 11.3 Å². The highest BCUT2D eigenvalue weighted by atomic mass is 32.2. The number of hydrogen-bond acceptors (Lipinski definition) is 6. The fraction of sp³-hybridized carbons (Fsp3) is 0.375. The van der Waals surface area contributed by atoms with Crippen LogP contribution in [-0.2, 0) is 29.5 Å². The molecule has 1 aliphatic rings. The second-order valence-electron chi connectivity index (χ2n) is 5.65. The number of thiophene rings is 1. The number of pyridine rings is 1. The van der Waals surface area contributed by atoms with Gasteiger partial charge in [-0.25, -0.2) is 13.2 Å². The lowest BCUT2D eigenvalue weighted by Crippen LogP contribution is -2.31. The van der Waals surface area contributed by atoms with Crippen molar-refractivity contribution in [1.29, 1.82) is 0 Å². The van der Waals surface area contributed by atoms with Crippen LogP contribution in [0.4, 0.5) is 0 Å². The minimum absolute atomic E-state index is 0.0685. The van der Waals surface area contributed by atoms with E-state index < -0.39 is 16.0 Å². The van der Waals surface area contributed by atoms with E-state index in [0.29, 0.717) is 30.8 Å². The van der Waals surface area contributed by atoms with Crippen molar-refractivity contribution < 1.29 is 18.3 Å². The number of nitrogens with one attached hydrogen (secondary N) is 1. The molecule has 134 valence electrons. The number of rotatable bonds is 6. The van der Waals surface area contributed by atoms with Crippen LogP contribution in [0.3, 0.4) is 0 Å². The molecule has 3 heterocycles. The number of aromatic nitrogens is 1. The Bertz CT molecular complexity index is 878. The molecule has 0 amide bonds. The van der Waals surface area contributed by atoms with Crippen LogP contribution in [0, 0.1) is 0 Å². The van der Waals surface area contributed by atoms with Gasteiger partial charge in [0.2, 0.25) is 0 Å². The number of sulfonamides is 1. The molecule has 0 bridgehead atoms. The average Bonchev–Trinajstić information content (AvgIpc) is 3.01. The van der Waals surface area contributed by atoms with Crippen molar-refractivity contribution in [2.24, 2.45) is 0 Å². The fourth-order valence-electron chi connectivity index (χ4n) is 2.86. The van der Waals surface area contributed by atoms with Gasteiger partial charge in [0.15, 0.2) is 0 Å². The molecule has 0 aliphatic carbocycles. The monoisotopic (exact) mass is 381 g/mol. The van der Waals surface area contributed by atoms with Gasteiger partial charge in [-0.3, -0.25) is 4.98 Å². The van der Waals surface area contributed by atoms with E-state index >= 15 is 0 Å². The van der Waals surface area contributed by atoms with E-state index in [4.69, 9.17) is 0 Å². The Morgan fingerprint density at radius 1 is 1.44 bits per heavy atom. The molecule has 0 spiro atoms. The van der Waals surface area contributed by atoms with Gasteiger partial charge in [0.25, 0.3) is 10.0 Å². The zero-order valence-electron chi connectivity index (χ0n) is 13.7. The van der Waals surface area contributed by atoms with Crippen LogP contribution in [0.1, 0.15) is 33.4 Å². The van der Waals surface area contributed by atoms with E-state index in [1.54, 1.807) is 31.3 Å². The molecule has 1 aliphatic heterocycles. The van der Waals surface area contributed by atoms with Crippen molar-refractivity contribution in [3.63, 3.8) is 0 Å². The summed E-state index contributed by atoms with van der Waals surface area (Å²) in [7, 11) is -3.92. The molecule has 0 saturated heterocycles. The Kier molecular flexibility index (Phi) is 5.19. The molecular formula is C16H19N3O4S2. The molecule has 2 aromatic heterocycles. The standard InChI is InChI=1S/C16H19N3O4S2/c1-2-19(10-11-5-3-4-7-18-11)25(22,23)16-14(15(20)21)12-6-8-17-9-13(12)24-16/h3-5,7,17H,2,6,8-10H2,1H3,(H,20,21). The normalized spacial score (nSPS) is 14.5. The van der Waals surface area contributed by atoms with Crippen molar-refractivity contribution in [2.75, 3.05) is 13.1 Å². The Morgan fingerprint density at radius 3 is 2.88 bits per heavy atom. The summed E-state index contributed by atoms with van der Waals surface area (Å²) in [6.45, 7) is 3.23. The molecule has 0 radical (unpaired) electrons. The zero-order chi connectivity index (χ0) is 18.0. The number of nitrogens with zero attached hydrogens (tertiary/aromatic N) is 2. The average molecular weight is 381 g/mol. The largest absolute Gasteiger partial charge is 0.478 e. The van der Waals surface area contributed by atoms with E-state index in [1.165, 1.54) is 4.31 Å². The molecule has 0 unspecified atom stereocenters. The van der Waals surface area contributed by atoms with E-state index in [0.717, 1.165) is 16.2 Å². The van der Waals surface area contributed by atoms with E-state index in [2.05, 4.69) is 10.3 Å². The molecule has 2 N–H and O–H groups in total. The summed E-state index contributed by atoms with van der Waals surface area (Å²) >= 11 is 1.06. The molecule has 0 aromatic carbocycles. The second kappa shape index (κ2) is 7.20. The third-order valence-corrected chi connectivity index (χ3v) is 7.75. The number of hydrogen-bond donors (Lipinski definition) is 2. The first-order chi connectivity index (χ1) is 11.9. The minimum Gasteiger partial charge on any atom is -0.478 e. The van der Waals surface area contributed by atoms with Crippen molar-refractivity contribution >= 4 is 27.3 Å². The zero-order valence-corrected chi connectivity index (χ0v) is 15.4. The van der Waals surface area contributed by atoms with Crippen molar-refractivity contribution in [1.82, 2.24) is 14.6 Å². The van der Waals surface area contributed by atoms with E-state index in [1.807, 2.05) is 0 Å². The quantitative estimate of drug-likeness (QED) is 0.790. The van der Waals surface area contributed by atoms with Crippen LogP contribution in [0.15, 0.2) is 28.6 Å². The predicted molar refractivity (Wildman–Crippen MR) is 94.2 cm³/mol. The highest BCUT2D eigenvalue weighted by molar-refractivity contribution is 7.91. The SMILES string of the molecule is CCN(Cc1ccccn1)S(=O)(=O)c1sc2c(c1C(=O)O)CCNC2. The van der Waals surface area contributed by atoms with E-state index in [-0.39, 0.29) is 22.9 Å². The molecule has 2 aromatic rings. The topological polar surface area (TPSA) is 99.6 Å². The first-order valence-corrected chi connectivity index (χ1v) is 10.2. The summed E-state index contributed by atoms with van der Waals surface area (Å²) in [5, 5.41) is 12.8. The first-order valence-electron chi connectivity index (χ1n) is 7.93. The number of aromatic carboxylic acids is 1. The maximum Gasteiger partial charge on any atom is 0.338 e. The molecule has 7 nitrogen and oxygen atoms in total. The second-order valence-corrected chi connectivity index (χ2v) is 8.89. The van der Waals surface area contributed by atoms with Gasteiger partial charge in [0.05, 0.1) is 17.8 Å². The van der Waals surface area contributed by atoms with Crippen LogP contribution in [-0.4, -0.2) is 41.9 Å². The molecule has 0 atom stereocenters. The Balaban J connectivity index is 2.04. The number of carboxylic acid groups (broad SMARTS) is 1. The Hall–Kier alpha value is -1.81. The van der Waals surface area contributed by atoms with Crippen molar-refractivity contribution in [2.45, 2.75) is 30.6 Å². The summed E-state index contributed by atoms with van der Waals surface area (Å²) in [6.07, 6.45) is 2.13. The van der Waals surface area contributed by atoms with Gasteiger partial charge in [-0.15, -0.1) is 11.3 Å². The minimum atomic E-state index is -3.92. The Morgan fingerprint density at radius 2 is 2.24 bits per heavy atom. The lowest BCUT2D eigenvalue weighted by Gasteiger charge is -2.19. The van der Waals surface area contributed by atoms with E-state index in [9.17, 15) is 18.3 Å². The summed E-state index contributed by atoms with van der Waals surface area (Å²) in [4.78, 5) is 16.7. The van der Waals surface area contributed by atoms with Gasteiger partial charge in [-0.2, -0.15) is 4.31 Å². The van der Waals surface area contributed by atoms with Gasteiger partial charge in [-0.1, -0.05) is 13.0 Å². The molecule has 0 saturated carbocycles. The number of fused-ring (bicyclic) bond motifs is 1. The third-order valence-electron chi connectivity index (χ3n) is 4.10. The predicted octanol–water partition coefficient (Wildman–Crippen LogP) is 1.70. The maximum absolute atomic E-state index is 13.1.